The Morgan fingerprint density at radius 2 is 0.836 bits per heavy atom. The number of rotatable bonds is 0. The van der Waals surface area contributed by atoms with Crippen molar-refractivity contribution in [1.82, 2.24) is 93.8 Å². The standard InChI is InChI=1S/C16H26N2.C16H22N2.2C14H21N3.C14H22N2O2.C13H20N4.C13H19N3S/c2*1-15(2,3)13-11-9-7-8-10-12(11)17-14(18-13)16(4,5)6;1-13(2,3)10-9-11-15-7-8-17(11)12(16-10)14(4,5)6;1-13(2,3)11-10-8-7-9-17(10)16-12(15-11)14(4,5)6;1-13(2,3)10-9-11(18-8-7-17-9)16-12(15-10)14(4,5)6;1-12(2,3)9-8-10(15-7-14-8)17-11(16-9)13(4,5)6;1-12(2,3)9-8-10(14-7-17-8)16-11(15-9)13(4,5)6/h7-10H2,1-6H3;7-10H,1-6H3;2*7-9H,1-6H3;7-8H2,1-6H3;7H,1-6H3,(H,14,15,16,17);7H,1-6H3. The molecule has 0 radical (unpaired) electrons. The maximum absolute atomic E-state index is 5.70. The average Bonchev–Trinajstić information content (AvgIpc) is 1.40. The summed E-state index contributed by atoms with van der Waals surface area (Å²) in [5.74, 6) is 7.72. The summed E-state index contributed by atoms with van der Waals surface area (Å²) in [6.07, 6.45) is 12.3. The molecule has 0 saturated carbocycles. The van der Waals surface area contributed by atoms with Gasteiger partial charge in [-0.25, -0.2) is 74.3 Å². The second-order valence-corrected chi connectivity index (χ2v) is 48.2. The molecule has 14 rings (SSSR count). The van der Waals surface area contributed by atoms with E-state index in [-0.39, 0.29) is 75.8 Å². The van der Waals surface area contributed by atoms with E-state index in [4.69, 9.17) is 54.3 Å². The van der Waals surface area contributed by atoms with Crippen molar-refractivity contribution < 1.29 is 9.47 Å². The molecule has 1 aliphatic heterocycles. The van der Waals surface area contributed by atoms with Crippen LogP contribution in [0.3, 0.4) is 0 Å². The van der Waals surface area contributed by atoms with E-state index < -0.39 is 0 Å². The lowest BCUT2D eigenvalue weighted by atomic mass is 9.82. The predicted molar refractivity (Wildman–Crippen MR) is 506 cm³/mol. The minimum Gasteiger partial charge on any atom is -0.483 e. The second-order valence-electron chi connectivity index (χ2n) is 47.3. The van der Waals surface area contributed by atoms with Crippen LogP contribution >= 0.6 is 11.3 Å². The van der Waals surface area contributed by atoms with Gasteiger partial charge in [-0.1, -0.05) is 309 Å². The highest BCUT2D eigenvalue weighted by Crippen LogP contribution is 2.42. The lowest BCUT2D eigenvalue weighted by molar-refractivity contribution is 0.157. The third kappa shape index (κ3) is 25.0. The van der Waals surface area contributed by atoms with Gasteiger partial charge in [0.25, 0.3) is 5.88 Å². The molecular weight excluding hydrogens is 1530 g/mol. The van der Waals surface area contributed by atoms with Gasteiger partial charge in [-0.15, -0.1) is 11.3 Å². The maximum atomic E-state index is 5.70. The van der Waals surface area contributed by atoms with Crippen LogP contribution in [0.2, 0.25) is 0 Å². The zero-order chi connectivity index (χ0) is 92.0. The van der Waals surface area contributed by atoms with Gasteiger partial charge in [0.15, 0.2) is 17.1 Å². The Balaban J connectivity index is 0.000000177. The quantitative estimate of drug-likeness (QED) is 0.148. The van der Waals surface area contributed by atoms with Crippen LogP contribution in [0.25, 0.3) is 43.6 Å². The van der Waals surface area contributed by atoms with E-state index in [0.717, 1.165) is 131 Å². The number of thiazole rings is 1. The molecule has 12 aromatic rings. The van der Waals surface area contributed by atoms with Crippen molar-refractivity contribution in [2.24, 2.45) is 0 Å². The highest BCUT2D eigenvalue weighted by atomic mass is 32.1. The molecular formula is C100H151N19O2S. The summed E-state index contributed by atoms with van der Waals surface area (Å²) in [5.41, 5.74) is 17.9. The number of ether oxygens (including phenoxy) is 2. The van der Waals surface area contributed by atoms with Crippen molar-refractivity contribution >= 4 is 54.9 Å². The second kappa shape index (κ2) is 35.6. The Bertz CT molecular complexity index is 5090. The summed E-state index contributed by atoms with van der Waals surface area (Å²) in [6.45, 7) is 92.1. The van der Waals surface area contributed by atoms with Crippen LogP contribution < -0.4 is 9.47 Å². The van der Waals surface area contributed by atoms with E-state index >= 15 is 0 Å². The first kappa shape index (κ1) is 98.5. The van der Waals surface area contributed by atoms with Gasteiger partial charge in [0.05, 0.1) is 67.4 Å². The van der Waals surface area contributed by atoms with Gasteiger partial charge >= 0.3 is 0 Å². The van der Waals surface area contributed by atoms with Gasteiger partial charge in [0, 0.05) is 112 Å². The summed E-state index contributed by atoms with van der Waals surface area (Å²) in [5, 5.41) is 5.75. The van der Waals surface area contributed by atoms with Crippen molar-refractivity contribution in [3.8, 4) is 11.6 Å². The molecule has 2 aliphatic rings. The number of fused-ring (bicyclic) bond motifs is 7. The van der Waals surface area contributed by atoms with Crippen molar-refractivity contribution in [3.05, 3.63) is 165 Å². The van der Waals surface area contributed by atoms with Crippen LogP contribution in [0, 0.1) is 0 Å². The van der Waals surface area contributed by atoms with Gasteiger partial charge in [0.2, 0.25) is 5.75 Å². The number of aryl methyl sites for hydroxylation is 1. The predicted octanol–water partition coefficient (Wildman–Crippen LogP) is 24.3. The fraction of sp³-hybridized carbons (Fsp3) is 0.620. The topological polar surface area (TPSA) is 249 Å². The number of H-pyrrole nitrogens is 1. The van der Waals surface area contributed by atoms with Crippen LogP contribution in [-0.4, -0.2) is 107 Å². The number of imidazole rings is 2. The first-order valence-electron chi connectivity index (χ1n) is 43.8. The molecule has 0 atom stereocenters. The fourth-order valence-corrected chi connectivity index (χ4v) is 14.2. The lowest BCUT2D eigenvalue weighted by Crippen LogP contribution is -2.27. The Morgan fingerprint density at radius 1 is 0.369 bits per heavy atom. The van der Waals surface area contributed by atoms with Gasteiger partial charge in [-0.05, 0) is 49.4 Å². The Labute approximate surface area is 735 Å². The normalized spacial score (nSPS) is 14.1. The summed E-state index contributed by atoms with van der Waals surface area (Å²) in [7, 11) is 0. The molecule has 12 heterocycles. The van der Waals surface area contributed by atoms with E-state index in [1.54, 1.807) is 17.7 Å². The Hall–Kier alpha value is -8.92. The van der Waals surface area contributed by atoms with Gasteiger partial charge in [0.1, 0.15) is 59.3 Å². The molecule has 664 valence electrons. The number of aromatic amines is 1. The molecule has 1 N–H and O–H groups in total. The maximum Gasteiger partial charge on any atom is 0.260 e. The third-order valence-corrected chi connectivity index (χ3v) is 21.0. The van der Waals surface area contributed by atoms with Crippen LogP contribution in [0.4, 0.5) is 0 Å². The molecule has 0 amide bonds. The SMILES string of the molecule is CC(C)(C)c1cc2nccn2c(C(C)(C)C)n1.CC(C)(C)c1nc(C(C)(C)C)c2[nH]cnc2n1.CC(C)(C)c1nc(C(C)(C)C)c2ccccc2n1.CC(C)(C)c1nc(C(C)(C)C)c2cccn2n1.CC(C)(C)c1nc(C(C)(C)C)c2scnc2n1.CC(C)(C)c1nc2c(c(C(C)(C)C)n1)CCCC2.CC(C)(C)c1nc2c(c(C(C)(C)C)n1)OCCO2. The zero-order valence-electron chi connectivity index (χ0n) is 82.9. The van der Waals surface area contributed by atoms with E-state index in [9.17, 15) is 0 Å². The molecule has 11 aromatic heterocycles. The molecule has 1 aliphatic carbocycles. The van der Waals surface area contributed by atoms with Gasteiger partial charge < -0.3 is 14.5 Å². The molecule has 0 fully saturated rings. The van der Waals surface area contributed by atoms with Crippen LogP contribution in [0.1, 0.15) is 396 Å². The number of benzene rings is 1. The van der Waals surface area contributed by atoms with Crippen molar-refractivity contribution in [1.29, 1.82) is 0 Å². The number of para-hydroxylation sites is 1. The number of nitrogens with zero attached hydrogens (tertiary/aromatic N) is 18. The smallest absolute Gasteiger partial charge is 0.260 e. The zero-order valence-corrected chi connectivity index (χ0v) is 83.8. The van der Waals surface area contributed by atoms with E-state index in [1.165, 1.54) is 29.8 Å². The van der Waals surface area contributed by atoms with Gasteiger partial charge in [-0.2, -0.15) is 10.1 Å². The largest absolute Gasteiger partial charge is 0.483 e. The first-order chi connectivity index (χ1) is 55.4. The van der Waals surface area contributed by atoms with E-state index in [2.05, 4.69) is 366 Å². The van der Waals surface area contributed by atoms with Crippen molar-refractivity contribution in [3.63, 3.8) is 0 Å². The highest BCUT2D eigenvalue weighted by molar-refractivity contribution is 7.16. The average molecular weight is 1680 g/mol. The molecule has 0 spiro atoms. The molecule has 21 nitrogen and oxygen atoms in total. The number of aromatic nitrogens is 19. The third-order valence-electron chi connectivity index (χ3n) is 20.2. The molecule has 1 aromatic carbocycles. The number of hydrogen-bond donors (Lipinski definition) is 1. The van der Waals surface area contributed by atoms with Crippen molar-refractivity contribution in [2.75, 3.05) is 13.2 Å². The van der Waals surface area contributed by atoms with Gasteiger partial charge in [-0.3, -0.25) is 4.40 Å². The summed E-state index contributed by atoms with van der Waals surface area (Å²) in [6, 6.07) is 14.4. The summed E-state index contributed by atoms with van der Waals surface area (Å²) < 4.78 is 16.5. The summed E-state index contributed by atoms with van der Waals surface area (Å²) >= 11 is 1.62. The lowest BCUT2D eigenvalue weighted by Gasteiger charge is -2.29. The van der Waals surface area contributed by atoms with E-state index in [1.807, 2.05) is 40.7 Å². The first-order valence-corrected chi connectivity index (χ1v) is 44.7. The Kier molecular flexibility index (Phi) is 28.8. The highest BCUT2D eigenvalue weighted by Gasteiger charge is 2.36. The van der Waals surface area contributed by atoms with Crippen molar-refractivity contribution in [2.45, 2.75) is 392 Å². The van der Waals surface area contributed by atoms with E-state index in [0.29, 0.717) is 24.8 Å². The molecule has 0 bridgehead atoms. The van der Waals surface area contributed by atoms with Crippen LogP contribution in [0.15, 0.2) is 72.9 Å². The fourth-order valence-electron chi connectivity index (χ4n) is 13.3. The molecule has 22 heteroatoms. The summed E-state index contributed by atoms with van der Waals surface area (Å²) in [4.78, 5) is 72.9. The molecule has 122 heavy (non-hydrogen) atoms. The monoisotopic (exact) mass is 1680 g/mol. The Morgan fingerprint density at radius 3 is 1.37 bits per heavy atom. The minimum atomic E-state index is -0.101. The minimum absolute atomic E-state index is 0.0141. The van der Waals surface area contributed by atoms with Crippen LogP contribution in [0.5, 0.6) is 11.6 Å². The van der Waals surface area contributed by atoms with Crippen LogP contribution in [-0.2, 0) is 88.7 Å². The molecule has 0 unspecified atom stereocenters. The number of hydrogen-bond acceptors (Lipinski definition) is 19. The molecule has 0 saturated heterocycles. The number of nitrogens with one attached hydrogen (secondary N) is 1.